The second-order valence-electron chi connectivity index (χ2n) is 5.67. The highest BCUT2D eigenvalue weighted by atomic mass is 35.5. The number of carbonyl (C=O) groups is 1. The summed E-state index contributed by atoms with van der Waals surface area (Å²) >= 11 is 6.01. The van der Waals surface area contributed by atoms with Crippen LogP contribution in [0.15, 0.2) is 24.3 Å². The molecule has 3 rings (SSSR count). The molecule has 2 aromatic rings. The van der Waals surface area contributed by atoms with Gasteiger partial charge in [-0.1, -0.05) is 17.7 Å². The molecule has 23 heavy (non-hydrogen) atoms. The lowest BCUT2D eigenvalue weighted by Gasteiger charge is -2.18. The Morgan fingerprint density at radius 3 is 2.87 bits per heavy atom. The van der Waals surface area contributed by atoms with Gasteiger partial charge in [0.1, 0.15) is 5.82 Å². The van der Waals surface area contributed by atoms with Crippen molar-refractivity contribution in [1.82, 2.24) is 9.97 Å². The van der Waals surface area contributed by atoms with Gasteiger partial charge in [0.15, 0.2) is 0 Å². The Bertz CT molecular complexity index is 764. The summed E-state index contributed by atoms with van der Waals surface area (Å²) in [5.41, 5.74) is 8.29. The molecule has 1 aliphatic heterocycles. The van der Waals surface area contributed by atoms with E-state index >= 15 is 0 Å². The minimum absolute atomic E-state index is 0.0334. The summed E-state index contributed by atoms with van der Waals surface area (Å²) in [6.07, 6.45) is 0.398. The molecule has 1 atom stereocenters. The predicted octanol–water partition coefficient (Wildman–Crippen LogP) is 2.55. The Morgan fingerprint density at radius 2 is 2.13 bits per heavy atom. The number of hydrogen-bond donors (Lipinski definition) is 2. The molecule has 0 spiro atoms. The van der Waals surface area contributed by atoms with Gasteiger partial charge in [-0.2, -0.15) is 4.98 Å². The fraction of sp³-hybridized carbons (Fsp3) is 0.312. The predicted molar refractivity (Wildman–Crippen MR) is 91.8 cm³/mol. The van der Waals surface area contributed by atoms with Crippen LogP contribution in [0.2, 0.25) is 5.02 Å². The maximum atomic E-state index is 12.3. The van der Waals surface area contributed by atoms with Gasteiger partial charge in [-0.15, -0.1) is 0 Å². The van der Waals surface area contributed by atoms with Gasteiger partial charge >= 0.3 is 0 Å². The first-order chi connectivity index (χ1) is 10.9. The Labute approximate surface area is 139 Å². The average Bonchev–Trinajstić information content (AvgIpc) is 2.85. The smallest absolute Gasteiger partial charge is 0.229 e. The largest absolute Gasteiger partial charge is 0.368 e. The summed E-state index contributed by atoms with van der Waals surface area (Å²) < 4.78 is 0. The Balaban J connectivity index is 1.78. The molecule has 120 valence electrons. The first-order valence-electron chi connectivity index (χ1n) is 7.37. The van der Waals surface area contributed by atoms with Crippen molar-refractivity contribution in [3.05, 3.63) is 40.5 Å². The molecule has 7 heteroatoms. The lowest BCUT2D eigenvalue weighted by atomic mass is 10.2. The van der Waals surface area contributed by atoms with Crippen LogP contribution in [-0.2, 0) is 4.79 Å². The van der Waals surface area contributed by atoms with E-state index in [9.17, 15) is 4.79 Å². The topological polar surface area (TPSA) is 84.1 Å². The Morgan fingerprint density at radius 1 is 1.35 bits per heavy atom. The molecule has 0 saturated carbocycles. The van der Waals surface area contributed by atoms with Crippen LogP contribution in [0.5, 0.6) is 0 Å². The molecule has 0 aliphatic carbocycles. The third-order valence-corrected chi connectivity index (χ3v) is 4.23. The van der Waals surface area contributed by atoms with Crippen molar-refractivity contribution >= 4 is 35.0 Å². The highest BCUT2D eigenvalue weighted by molar-refractivity contribution is 6.30. The van der Waals surface area contributed by atoms with Gasteiger partial charge in [0.25, 0.3) is 0 Å². The molecule has 2 heterocycles. The van der Waals surface area contributed by atoms with Gasteiger partial charge < -0.3 is 16.0 Å². The second kappa shape index (κ2) is 6.04. The molecular weight excluding hydrogens is 314 g/mol. The molecule has 6 nitrogen and oxygen atoms in total. The number of rotatable bonds is 3. The molecule has 1 aromatic heterocycles. The Hall–Kier alpha value is -2.34. The summed E-state index contributed by atoms with van der Waals surface area (Å²) in [4.78, 5) is 22.4. The maximum absolute atomic E-state index is 12.3. The van der Waals surface area contributed by atoms with Crippen molar-refractivity contribution in [1.29, 1.82) is 0 Å². The van der Waals surface area contributed by atoms with E-state index in [0.717, 1.165) is 16.9 Å². The molecule has 1 saturated heterocycles. The number of anilines is 3. The highest BCUT2D eigenvalue weighted by Crippen LogP contribution is 2.26. The number of nitrogens with zero attached hydrogens (tertiary/aromatic N) is 3. The third-order valence-electron chi connectivity index (χ3n) is 3.99. The summed E-state index contributed by atoms with van der Waals surface area (Å²) in [6.45, 7) is 4.38. The fourth-order valence-electron chi connectivity index (χ4n) is 2.68. The van der Waals surface area contributed by atoms with Crippen LogP contribution in [0.3, 0.4) is 0 Å². The van der Waals surface area contributed by atoms with Crippen molar-refractivity contribution in [2.75, 3.05) is 22.5 Å². The van der Waals surface area contributed by atoms with Crippen LogP contribution in [0, 0.1) is 13.8 Å². The lowest BCUT2D eigenvalue weighted by Crippen LogP contribution is -2.28. The van der Waals surface area contributed by atoms with Crippen molar-refractivity contribution in [2.24, 2.45) is 0 Å². The van der Waals surface area contributed by atoms with E-state index in [1.807, 2.05) is 26.0 Å². The average molecular weight is 332 g/mol. The SMILES string of the molecule is Cc1nc(N)nc(NC2CC(=O)N(c3cccc(Cl)c3)C2)c1C. The zero-order chi connectivity index (χ0) is 16.6. The number of aromatic nitrogens is 2. The number of aryl methyl sites for hydroxylation is 1. The van der Waals surface area contributed by atoms with Crippen molar-refractivity contribution in [2.45, 2.75) is 26.3 Å². The number of benzene rings is 1. The monoisotopic (exact) mass is 331 g/mol. The summed E-state index contributed by atoms with van der Waals surface area (Å²) in [6, 6.07) is 7.26. The molecule has 1 fully saturated rings. The quantitative estimate of drug-likeness (QED) is 0.903. The van der Waals surface area contributed by atoms with Crippen LogP contribution in [-0.4, -0.2) is 28.5 Å². The minimum atomic E-state index is -0.0334. The molecule has 1 aromatic carbocycles. The van der Waals surface area contributed by atoms with E-state index in [0.29, 0.717) is 23.8 Å². The van der Waals surface area contributed by atoms with E-state index < -0.39 is 0 Å². The molecule has 3 N–H and O–H groups in total. The van der Waals surface area contributed by atoms with Crippen LogP contribution in [0.4, 0.5) is 17.5 Å². The molecule has 1 amide bonds. The summed E-state index contributed by atoms with van der Waals surface area (Å²) in [7, 11) is 0. The van der Waals surface area contributed by atoms with E-state index in [2.05, 4.69) is 15.3 Å². The van der Waals surface area contributed by atoms with E-state index in [-0.39, 0.29) is 17.9 Å². The van der Waals surface area contributed by atoms with Gasteiger partial charge in [-0.05, 0) is 32.0 Å². The van der Waals surface area contributed by atoms with Gasteiger partial charge in [0.05, 0.1) is 6.04 Å². The molecule has 1 aliphatic rings. The maximum Gasteiger partial charge on any atom is 0.229 e. The number of amides is 1. The number of nitrogens with one attached hydrogen (secondary N) is 1. The van der Waals surface area contributed by atoms with Gasteiger partial charge in [-0.25, -0.2) is 4.98 Å². The molecule has 1 unspecified atom stereocenters. The number of halogens is 1. The molecule has 0 radical (unpaired) electrons. The van der Waals surface area contributed by atoms with Gasteiger partial charge in [0, 0.05) is 34.9 Å². The fourth-order valence-corrected chi connectivity index (χ4v) is 2.87. The van der Waals surface area contributed by atoms with Gasteiger partial charge in [0.2, 0.25) is 11.9 Å². The standard InChI is InChI=1S/C16H18ClN5O/c1-9-10(2)19-16(18)21-15(9)20-12-7-14(23)22(8-12)13-5-3-4-11(17)6-13/h3-6,12H,7-8H2,1-2H3,(H3,18,19,20,21). The van der Waals surface area contributed by atoms with Crippen molar-refractivity contribution in [3.8, 4) is 0 Å². The number of hydrogen-bond acceptors (Lipinski definition) is 5. The van der Waals surface area contributed by atoms with E-state index in [4.69, 9.17) is 17.3 Å². The van der Waals surface area contributed by atoms with Crippen LogP contribution in [0.1, 0.15) is 17.7 Å². The second-order valence-corrected chi connectivity index (χ2v) is 6.11. The lowest BCUT2D eigenvalue weighted by molar-refractivity contribution is -0.117. The third kappa shape index (κ3) is 3.22. The number of nitrogens with two attached hydrogens (primary N) is 1. The first-order valence-corrected chi connectivity index (χ1v) is 7.75. The summed E-state index contributed by atoms with van der Waals surface area (Å²) in [5.74, 6) is 0.966. The van der Waals surface area contributed by atoms with Crippen LogP contribution >= 0.6 is 11.6 Å². The van der Waals surface area contributed by atoms with Crippen molar-refractivity contribution < 1.29 is 4.79 Å². The van der Waals surface area contributed by atoms with Gasteiger partial charge in [-0.3, -0.25) is 4.79 Å². The minimum Gasteiger partial charge on any atom is -0.368 e. The number of nitrogen functional groups attached to an aromatic ring is 1. The molecular formula is C16H18ClN5O. The zero-order valence-electron chi connectivity index (χ0n) is 13.0. The molecule has 0 bridgehead atoms. The van der Waals surface area contributed by atoms with Crippen LogP contribution in [0.25, 0.3) is 0 Å². The highest BCUT2D eigenvalue weighted by Gasteiger charge is 2.31. The normalized spacial score (nSPS) is 17.6. The summed E-state index contributed by atoms with van der Waals surface area (Å²) in [5, 5.41) is 3.92. The Kier molecular flexibility index (Phi) is 4.09. The van der Waals surface area contributed by atoms with E-state index in [1.54, 1.807) is 17.0 Å². The zero-order valence-corrected chi connectivity index (χ0v) is 13.8. The van der Waals surface area contributed by atoms with Crippen LogP contribution < -0.4 is 16.0 Å². The number of carbonyl (C=O) groups excluding carboxylic acids is 1. The van der Waals surface area contributed by atoms with E-state index in [1.165, 1.54) is 0 Å². The van der Waals surface area contributed by atoms with Crippen molar-refractivity contribution in [3.63, 3.8) is 0 Å². The first kappa shape index (κ1) is 15.6.